The minimum Gasteiger partial charge on any atom is -0.345 e. The number of aryl methyl sites for hydroxylation is 1. The van der Waals surface area contributed by atoms with E-state index < -0.39 is 0 Å². The molecule has 0 N–H and O–H groups in total. The van der Waals surface area contributed by atoms with Crippen LogP contribution in [0.3, 0.4) is 0 Å². The quantitative estimate of drug-likeness (QED) is 0.751. The van der Waals surface area contributed by atoms with Gasteiger partial charge in [0.1, 0.15) is 0 Å². The maximum Gasteiger partial charge on any atom is 0.227 e. The first-order chi connectivity index (χ1) is 11.0. The second-order valence-electron chi connectivity index (χ2n) is 6.09. The average molecular weight is 334 g/mol. The molecule has 1 aromatic rings. The van der Waals surface area contributed by atoms with Crippen LogP contribution in [-0.4, -0.2) is 54.0 Å². The Morgan fingerprint density at radius 2 is 2.04 bits per heavy atom. The Bertz CT molecular complexity index is 544. The Morgan fingerprint density at radius 1 is 1.35 bits per heavy atom. The molecule has 4 nitrogen and oxygen atoms in total. The van der Waals surface area contributed by atoms with Crippen molar-refractivity contribution in [2.45, 2.75) is 31.6 Å². The van der Waals surface area contributed by atoms with Crippen molar-refractivity contribution in [3.63, 3.8) is 0 Å². The third kappa shape index (κ3) is 4.99. The topological polar surface area (TPSA) is 40.6 Å². The molecule has 1 aromatic carbocycles. The van der Waals surface area contributed by atoms with Crippen LogP contribution in [0.1, 0.15) is 25.3 Å². The first-order valence-electron chi connectivity index (χ1n) is 8.23. The van der Waals surface area contributed by atoms with E-state index in [0.29, 0.717) is 25.9 Å². The lowest BCUT2D eigenvalue weighted by Crippen LogP contribution is -2.46. The molecule has 126 valence electrons. The fourth-order valence-corrected chi connectivity index (χ4v) is 3.71. The number of benzene rings is 1. The average Bonchev–Trinajstić information content (AvgIpc) is 2.56. The predicted molar refractivity (Wildman–Crippen MR) is 94.5 cm³/mol. The molecule has 1 aliphatic rings. The van der Waals surface area contributed by atoms with Crippen LogP contribution < -0.4 is 0 Å². The molecule has 1 atom stereocenters. The molecule has 1 fully saturated rings. The zero-order valence-corrected chi connectivity index (χ0v) is 15.1. The highest BCUT2D eigenvalue weighted by Gasteiger charge is 2.30. The van der Waals surface area contributed by atoms with Crippen molar-refractivity contribution >= 4 is 23.6 Å². The van der Waals surface area contributed by atoms with Gasteiger partial charge < -0.3 is 9.80 Å². The lowest BCUT2D eigenvalue weighted by Gasteiger charge is -2.33. The lowest BCUT2D eigenvalue weighted by atomic mass is 9.96. The van der Waals surface area contributed by atoms with Crippen LogP contribution in [0, 0.1) is 12.8 Å². The molecule has 2 rings (SSSR count). The highest BCUT2D eigenvalue weighted by atomic mass is 32.2. The molecule has 1 aliphatic heterocycles. The highest BCUT2D eigenvalue weighted by Crippen LogP contribution is 2.21. The van der Waals surface area contributed by atoms with Crippen LogP contribution in [0.4, 0.5) is 0 Å². The molecular formula is C18H26N2O2S. The molecule has 0 radical (unpaired) electrons. The molecule has 5 heteroatoms. The lowest BCUT2D eigenvalue weighted by molar-refractivity contribution is -0.141. The van der Waals surface area contributed by atoms with Gasteiger partial charge in [0.2, 0.25) is 11.8 Å². The summed E-state index contributed by atoms with van der Waals surface area (Å²) in [6.07, 6.45) is 1.18. The maximum atomic E-state index is 12.5. The molecule has 1 heterocycles. The Labute approximate surface area is 143 Å². The van der Waals surface area contributed by atoms with Crippen LogP contribution in [0.2, 0.25) is 0 Å². The van der Waals surface area contributed by atoms with Crippen LogP contribution in [0.15, 0.2) is 29.2 Å². The summed E-state index contributed by atoms with van der Waals surface area (Å²) >= 11 is 1.77. The molecule has 0 aromatic heterocycles. The zero-order chi connectivity index (χ0) is 16.8. The van der Waals surface area contributed by atoms with Gasteiger partial charge in [-0.25, -0.2) is 0 Å². The van der Waals surface area contributed by atoms with Gasteiger partial charge in [0.25, 0.3) is 0 Å². The zero-order valence-electron chi connectivity index (χ0n) is 14.2. The number of likely N-dealkylation sites (tertiary alicyclic amines) is 1. The normalized spacial score (nSPS) is 18.1. The fraction of sp³-hybridized carbons (Fsp3) is 0.556. The summed E-state index contributed by atoms with van der Waals surface area (Å²) in [6, 6.07) is 8.45. The summed E-state index contributed by atoms with van der Waals surface area (Å²) in [7, 11) is 1.87. The van der Waals surface area contributed by atoms with Gasteiger partial charge in [0.15, 0.2) is 0 Å². The number of carbonyl (C=O) groups is 2. The van der Waals surface area contributed by atoms with E-state index in [1.807, 2.05) is 18.9 Å². The van der Waals surface area contributed by atoms with Gasteiger partial charge in [-0.05, 0) is 32.4 Å². The first-order valence-corrected chi connectivity index (χ1v) is 9.22. The predicted octanol–water partition coefficient (Wildman–Crippen LogP) is 2.80. The molecular weight excluding hydrogens is 308 g/mol. The molecule has 0 saturated carbocycles. The maximum absolute atomic E-state index is 12.5. The Hall–Kier alpha value is -1.49. The SMILES string of the molecule is CCN1CC(C(=O)N(C)CCSc2ccc(C)cc2)CCC1=O. The second kappa shape index (κ2) is 8.39. The summed E-state index contributed by atoms with van der Waals surface area (Å²) in [5.74, 6) is 1.19. The second-order valence-corrected chi connectivity index (χ2v) is 7.26. The summed E-state index contributed by atoms with van der Waals surface area (Å²) in [6.45, 7) is 6.04. The molecule has 23 heavy (non-hydrogen) atoms. The van der Waals surface area contributed by atoms with Crippen LogP contribution in [-0.2, 0) is 9.59 Å². The van der Waals surface area contributed by atoms with Crippen molar-refractivity contribution in [1.29, 1.82) is 0 Å². The number of thioether (sulfide) groups is 1. The summed E-state index contributed by atoms with van der Waals surface area (Å²) in [4.78, 5) is 29.1. The minimum atomic E-state index is -0.0398. The molecule has 1 unspecified atom stereocenters. The van der Waals surface area contributed by atoms with Gasteiger partial charge in [-0.2, -0.15) is 0 Å². The van der Waals surface area contributed by atoms with E-state index in [0.717, 1.165) is 12.3 Å². The van der Waals surface area contributed by atoms with Gasteiger partial charge in [0, 0.05) is 43.8 Å². The van der Waals surface area contributed by atoms with Gasteiger partial charge in [-0.3, -0.25) is 9.59 Å². The Morgan fingerprint density at radius 3 is 2.70 bits per heavy atom. The van der Waals surface area contributed by atoms with Crippen LogP contribution in [0.5, 0.6) is 0 Å². The molecule has 0 aliphatic carbocycles. The smallest absolute Gasteiger partial charge is 0.227 e. The van der Waals surface area contributed by atoms with Crippen molar-refractivity contribution in [2.24, 2.45) is 5.92 Å². The van der Waals surface area contributed by atoms with E-state index in [-0.39, 0.29) is 17.7 Å². The van der Waals surface area contributed by atoms with Crippen molar-refractivity contribution in [2.75, 3.05) is 32.4 Å². The number of piperidine rings is 1. The van der Waals surface area contributed by atoms with Gasteiger partial charge >= 0.3 is 0 Å². The van der Waals surface area contributed by atoms with Crippen molar-refractivity contribution in [3.05, 3.63) is 29.8 Å². The van der Waals surface area contributed by atoms with E-state index in [2.05, 4.69) is 31.2 Å². The van der Waals surface area contributed by atoms with E-state index in [4.69, 9.17) is 0 Å². The molecule has 0 bridgehead atoms. The third-order valence-corrected chi connectivity index (χ3v) is 5.32. The number of carbonyl (C=O) groups excluding carboxylic acids is 2. The first kappa shape index (κ1) is 17.9. The number of hydrogen-bond donors (Lipinski definition) is 0. The standard InChI is InChI=1S/C18H26N2O2S/c1-4-20-13-15(7-10-17(20)21)18(22)19(3)11-12-23-16-8-5-14(2)6-9-16/h5-6,8-9,15H,4,7,10-13H2,1-3H3. The fourth-order valence-electron chi connectivity index (χ4n) is 2.78. The minimum absolute atomic E-state index is 0.0398. The van der Waals surface area contributed by atoms with Gasteiger partial charge in [-0.1, -0.05) is 17.7 Å². The molecule has 0 spiro atoms. The van der Waals surface area contributed by atoms with E-state index in [1.165, 1.54) is 10.5 Å². The van der Waals surface area contributed by atoms with Crippen molar-refractivity contribution in [1.82, 2.24) is 9.80 Å². The largest absolute Gasteiger partial charge is 0.345 e. The van der Waals surface area contributed by atoms with Crippen LogP contribution in [0.25, 0.3) is 0 Å². The van der Waals surface area contributed by atoms with Crippen molar-refractivity contribution in [3.8, 4) is 0 Å². The third-order valence-electron chi connectivity index (χ3n) is 4.32. The van der Waals surface area contributed by atoms with Crippen molar-refractivity contribution < 1.29 is 9.59 Å². The number of rotatable bonds is 6. The van der Waals surface area contributed by atoms with E-state index in [1.54, 1.807) is 16.7 Å². The molecule has 1 saturated heterocycles. The Kier molecular flexibility index (Phi) is 6.51. The highest BCUT2D eigenvalue weighted by molar-refractivity contribution is 7.99. The number of hydrogen-bond acceptors (Lipinski definition) is 3. The number of amides is 2. The van der Waals surface area contributed by atoms with Gasteiger partial charge in [0.05, 0.1) is 5.92 Å². The number of nitrogens with zero attached hydrogens (tertiary/aromatic N) is 2. The molecule has 2 amide bonds. The van der Waals surface area contributed by atoms with E-state index >= 15 is 0 Å². The summed E-state index contributed by atoms with van der Waals surface area (Å²) in [5, 5.41) is 0. The monoisotopic (exact) mass is 334 g/mol. The Balaban J connectivity index is 1.78. The summed E-state index contributed by atoms with van der Waals surface area (Å²) < 4.78 is 0. The summed E-state index contributed by atoms with van der Waals surface area (Å²) in [5.41, 5.74) is 1.26. The van der Waals surface area contributed by atoms with Gasteiger partial charge in [-0.15, -0.1) is 11.8 Å². The van der Waals surface area contributed by atoms with Crippen LogP contribution >= 0.6 is 11.8 Å². The van der Waals surface area contributed by atoms with E-state index in [9.17, 15) is 9.59 Å².